The molecule has 0 aliphatic carbocycles. The van der Waals surface area contributed by atoms with Gasteiger partial charge in [-0.1, -0.05) is 29.8 Å². The Labute approximate surface area is 155 Å². The van der Waals surface area contributed by atoms with E-state index in [0.29, 0.717) is 17.9 Å². The van der Waals surface area contributed by atoms with Crippen molar-refractivity contribution >= 4 is 33.1 Å². The number of rotatable bonds is 5. The van der Waals surface area contributed by atoms with Crippen LogP contribution in [-0.4, -0.2) is 20.3 Å². The van der Waals surface area contributed by atoms with Gasteiger partial charge >= 0.3 is 0 Å². The van der Waals surface area contributed by atoms with E-state index in [0.717, 1.165) is 16.8 Å². The fourth-order valence-electron chi connectivity index (χ4n) is 3.10. The normalized spacial score (nSPS) is 11.2. The molecule has 0 radical (unpaired) electrons. The maximum absolute atomic E-state index is 12.7. The maximum Gasteiger partial charge on any atom is 0.272 e. The summed E-state index contributed by atoms with van der Waals surface area (Å²) in [6.07, 6.45) is 3.55. The highest BCUT2D eigenvalue weighted by molar-refractivity contribution is 7.17. The highest BCUT2D eigenvalue weighted by Crippen LogP contribution is 2.25. The van der Waals surface area contributed by atoms with E-state index >= 15 is 0 Å². The third-order valence-corrected chi connectivity index (χ3v) is 5.28. The molecular weight excluding hydrogens is 344 g/mol. The van der Waals surface area contributed by atoms with Crippen molar-refractivity contribution in [1.82, 2.24) is 14.3 Å². The number of anilines is 1. The summed E-state index contributed by atoms with van der Waals surface area (Å²) >= 11 is 1.65. The molecule has 1 amide bonds. The van der Waals surface area contributed by atoms with Crippen LogP contribution < -0.4 is 5.32 Å². The van der Waals surface area contributed by atoms with Crippen LogP contribution in [0.4, 0.5) is 5.69 Å². The van der Waals surface area contributed by atoms with Crippen LogP contribution in [0.25, 0.3) is 10.2 Å². The van der Waals surface area contributed by atoms with Crippen molar-refractivity contribution in [2.45, 2.75) is 26.9 Å². The highest BCUT2D eigenvalue weighted by atomic mass is 32.1. The Kier molecular flexibility index (Phi) is 4.34. The molecule has 0 fully saturated rings. The predicted molar refractivity (Wildman–Crippen MR) is 106 cm³/mol. The number of fused-ring (bicyclic) bond motifs is 1. The molecule has 3 aromatic heterocycles. The second kappa shape index (κ2) is 6.80. The SMILES string of the molecule is CCn1c(C(=O)Nc2cnn(Cc3ccc(C)cc3)c2)cc2sccc21. The molecule has 26 heavy (non-hydrogen) atoms. The van der Waals surface area contributed by atoms with Gasteiger partial charge in [-0.05, 0) is 36.9 Å². The summed E-state index contributed by atoms with van der Waals surface area (Å²) in [6.45, 7) is 5.56. The maximum atomic E-state index is 12.7. The number of nitrogens with one attached hydrogen (secondary N) is 1. The number of benzene rings is 1. The van der Waals surface area contributed by atoms with Crippen molar-refractivity contribution < 1.29 is 4.79 Å². The number of aromatic nitrogens is 3. The summed E-state index contributed by atoms with van der Waals surface area (Å²) < 4.78 is 5.00. The molecule has 1 aromatic carbocycles. The minimum Gasteiger partial charge on any atom is -0.336 e. The number of nitrogens with zero attached hydrogens (tertiary/aromatic N) is 3. The molecule has 3 heterocycles. The van der Waals surface area contributed by atoms with Crippen molar-refractivity contribution in [3.63, 3.8) is 0 Å². The van der Waals surface area contributed by atoms with Gasteiger partial charge in [0.25, 0.3) is 5.91 Å². The van der Waals surface area contributed by atoms with Gasteiger partial charge in [0.15, 0.2) is 0 Å². The van der Waals surface area contributed by atoms with Crippen molar-refractivity contribution in [3.8, 4) is 0 Å². The van der Waals surface area contributed by atoms with Crippen molar-refractivity contribution in [3.05, 3.63) is 71.0 Å². The monoisotopic (exact) mass is 364 g/mol. The van der Waals surface area contributed by atoms with E-state index in [9.17, 15) is 4.79 Å². The molecule has 0 saturated heterocycles. The number of hydrogen-bond acceptors (Lipinski definition) is 3. The molecule has 4 rings (SSSR count). The minimum absolute atomic E-state index is 0.106. The Morgan fingerprint density at radius 3 is 2.81 bits per heavy atom. The lowest BCUT2D eigenvalue weighted by Gasteiger charge is -2.07. The molecule has 0 aliphatic rings. The van der Waals surface area contributed by atoms with Gasteiger partial charge in [0.2, 0.25) is 0 Å². The van der Waals surface area contributed by atoms with E-state index in [1.165, 1.54) is 11.1 Å². The van der Waals surface area contributed by atoms with Crippen molar-refractivity contribution in [1.29, 1.82) is 0 Å². The third-order valence-electron chi connectivity index (χ3n) is 4.43. The van der Waals surface area contributed by atoms with Gasteiger partial charge in [0.1, 0.15) is 5.69 Å². The first kappa shape index (κ1) is 16.6. The lowest BCUT2D eigenvalue weighted by Crippen LogP contribution is -2.16. The molecule has 0 unspecified atom stereocenters. The van der Waals surface area contributed by atoms with E-state index in [1.54, 1.807) is 17.5 Å². The van der Waals surface area contributed by atoms with E-state index < -0.39 is 0 Å². The Bertz CT molecular complexity index is 1060. The molecule has 4 aromatic rings. The zero-order valence-corrected chi connectivity index (χ0v) is 15.6. The fourth-order valence-corrected chi connectivity index (χ4v) is 3.92. The molecule has 0 spiro atoms. The number of carbonyl (C=O) groups excluding carboxylic acids is 1. The molecular formula is C20H20N4OS. The van der Waals surface area contributed by atoms with Gasteiger partial charge < -0.3 is 9.88 Å². The molecule has 1 N–H and O–H groups in total. The first-order valence-corrected chi connectivity index (χ1v) is 9.48. The summed E-state index contributed by atoms with van der Waals surface area (Å²) in [4.78, 5) is 12.7. The zero-order chi connectivity index (χ0) is 18.1. The van der Waals surface area contributed by atoms with Crippen molar-refractivity contribution in [2.24, 2.45) is 0 Å². The van der Waals surface area contributed by atoms with Crippen molar-refractivity contribution in [2.75, 3.05) is 5.32 Å². The van der Waals surface area contributed by atoms with Crippen LogP contribution in [0.3, 0.4) is 0 Å². The van der Waals surface area contributed by atoms with Crippen LogP contribution in [0, 0.1) is 6.92 Å². The summed E-state index contributed by atoms with van der Waals surface area (Å²) in [5, 5.41) is 9.36. The fraction of sp³-hybridized carbons (Fsp3) is 0.200. The second-order valence-electron chi connectivity index (χ2n) is 6.31. The Hall–Kier alpha value is -2.86. The number of carbonyl (C=O) groups is 1. The standard InChI is InChI=1S/C20H20N4OS/c1-3-24-17-8-9-26-19(17)10-18(24)20(25)22-16-11-21-23(13-16)12-15-6-4-14(2)5-7-15/h4-11,13H,3,12H2,1-2H3,(H,22,25). The summed E-state index contributed by atoms with van der Waals surface area (Å²) in [5.74, 6) is -0.106. The average molecular weight is 364 g/mol. The van der Waals surface area contributed by atoms with Crippen LogP contribution in [0.1, 0.15) is 28.5 Å². The Morgan fingerprint density at radius 2 is 2.04 bits per heavy atom. The molecule has 0 aliphatic heterocycles. The topological polar surface area (TPSA) is 51.9 Å². The Morgan fingerprint density at radius 1 is 1.23 bits per heavy atom. The second-order valence-corrected chi connectivity index (χ2v) is 7.26. The van der Waals surface area contributed by atoms with Gasteiger partial charge in [0, 0.05) is 12.7 Å². The van der Waals surface area contributed by atoms with Gasteiger partial charge in [-0.3, -0.25) is 9.48 Å². The predicted octanol–water partition coefficient (Wildman–Crippen LogP) is 4.53. The van der Waals surface area contributed by atoms with Crippen LogP contribution in [0.5, 0.6) is 0 Å². The molecule has 0 bridgehead atoms. The van der Waals surface area contributed by atoms with Gasteiger partial charge in [0.05, 0.1) is 28.6 Å². The zero-order valence-electron chi connectivity index (χ0n) is 14.8. The third kappa shape index (κ3) is 3.15. The van der Waals surface area contributed by atoms with Crippen LogP contribution >= 0.6 is 11.3 Å². The lowest BCUT2D eigenvalue weighted by molar-refractivity contribution is 0.101. The molecule has 6 heteroatoms. The number of amides is 1. The molecule has 0 saturated carbocycles. The quantitative estimate of drug-likeness (QED) is 0.566. The largest absolute Gasteiger partial charge is 0.336 e. The number of hydrogen-bond donors (Lipinski definition) is 1. The van der Waals surface area contributed by atoms with E-state index in [2.05, 4.69) is 47.7 Å². The first-order valence-electron chi connectivity index (χ1n) is 8.60. The van der Waals surface area contributed by atoms with Crippen LogP contribution in [-0.2, 0) is 13.1 Å². The molecule has 5 nitrogen and oxygen atoms in total. The van der Waals surface area contributed by atoms with E-state index in [4.69, 9.17) is 0 Å². The molecule has 132 valence electrons. The van der Waals surface area contributed by atoms with Gasteiger partial charge in [-0.15, -0.1) is 11.3 Å². The van der Waals surface area contributed by atoms with E-state index in [-0.39, 0.29) is 5.91 Å². The summed E-state index contributed by atoms with van der Waals surface area (Å²) in [7, 11) is 0. The number of thiophene rings is 1. The van der Waals surface area contributed by atoms with E-state index in [1.807, 2.05) is 33.8 Å². The highest BCUT2D eigenvalue weighted by Gasteiger charge is 2.16. The van der Waals surface area contributed by atoms with Gasteiger partial charge in [-0.25, -0.2) is 0 Å². The minimum atomic E-state index is -0.106. The summed E-state index contributed by atoms with van der Waals surface area (Å²) in [6, 6.07) is 12.4. The summed E-state index contributed by atoms with van der Waals surface area (Å²) in [5.41, 5.74) is 4.91. The van der Waals surface area contributed by atoms with Gasteiger partial charge in [-0.2, -0.15) is 5.10 Å². The smallest absolute Gasteiger partial charge is 0.272 e. The van der Waals surface area contributed by atoms with Crippen LogP contribution in [0.2, 0.25) is 0 Å². The Balaban J connectivity index is 1.50. The average Bonchev–Trinajstić information content (AvgIpc) is 3.32. The molecule has 0 atom stereocenters. The lowest BCUT2D eigenvalue weighted by atomic mass is 10.1. The number of aryl methyl sites for hydroxylation is 2. The van der Waals surface area contributed by atoms with Crippen LogP contribution in [0.15, 0.2) is 54.2 Å². The first-order chi connectivity index (χ1) is 12.6.